The summed E-state index contributed by atoms with van der Waals surface area (Å²) in [7, 11) is -1.43. The van der Waals surface area contributed by atoms with Gasteiger partial charge in [-0.15, -0.1) is 0 Å². The molecule has 0 amide bonds. The summed E-state index contributed by atoms with van der Waals surface area (Å²) in [6, 6.07) is -0.532. The van der Waals surface area contributed by atoms with Gasteiger partial charge in [-0.3, -0.25) is 0 Å². The van der Waals surface area contributed by atoms with Crippen molar-refractivity contribution in [1.82, 2.24) is 4.72 Å². The summed E-state index contributed by atoms with van der Waals surface area (Å²) in [4.78, 5) is 0. The van der Waals surface area contributed by atoms with Gasteiger partial charge in [-0.1, -0.05) is 0 Å². The fourth-order valence-electron chi connectivity index (χ4n) is 1.32. The van der Waals surface area contributed by atoms with Gasteiger partial charge in [0.25, 0.3) is 0 Å². The highest BCUT2D eigenvalue weighted by Gasteiger charge is 2.30. The molecule has 122 valence electrons. The van der Waals surface area contributed by atoms with Crippen molar-refractivity contribution in [2.45, 2.75) is 57.0 Å². The second kappa shape index (κ2) is 8.96. The summed E-state index contributed by atoms with van der Waals surface area (Å²) in [5, 5.41) is 8.56. The molecule has 0 saturated heterocycles. The van der Waals surface area contributed by atoms with Crippen LogP contribution < -0.4 is 4.72 Å². The first kappa shape index (κ1) is 19.8. The zero-order chi connectivity index (χ0) is 15.8. The molecular formula is C12H24F3NO3S. The predicted molar refractivity (Wildman–Crippen MR) is 72.6 cm³/mol. The lowest BCUT2D eigenvalue weighted by Crippen LogP contribution is -2.40. The number of halogens is 3. The van der Waals surface area contributed by atoms with Crippen molar-refractivity contribution in [1.29, 1.82) is 0 Å². The zero-order valence-corrected chi connectivity index (χ0v) is 12.9. The van der Waals surface area contributed by atoms with Gasteiger partial charge in [0, 0.05) is 19.1 Å². The maximum Gasteiger partial charge on any atom is 0.389 e. The second-order valence-electron chi connectivity index (χ2n) is 5.47. The van der Waals surface area contributed by atoms with Gasteiger partial charge in [0.2, 0.25) is 0 Å². The van der Waals surface area contributed by atoms with E-state index in [2.05, 4.69) is 4.72 Å². The van der Waals surface area contributed by atoms with Gasteiger partial charge >= 0.3 is 6.18 Å². The molecule has 0 aliphatic rings. The van der Waals surface area contributed by atoms with E-state index in [0.29, 0.717) is 6.42 Å². The molecule has 0 rings (SSSR count). The molecule has 0 radical (unpaired) electrons. The van der Waals surface area contributed by atoms with Crippen LogP contribution in [-0.4, -0.2) is 46.1 Å². The van der Waals surface area contributed by atoms with Gasteiger partial charge in [-0.25, -0.2) is 8.93 Å². The summed E-state index contributed by atoms with van der Waals surface area (Å²) < 4.78 is 56.0. The van der Waals surface area contributed by atoms with E-state index in [4.69, 9.17) is 9.84 Å². The summed E-state index contributed by atoms with van der Waals surface area (Å²) in [6.45, 7) is 5.48. The van der Waals surface area contributed by atoms with Gasteiger partial charge in [0.15, 0.2) is 0 Å². The van der Waals surface area contributed by atoms with Crippen LogP contribution in [0.15, 0.2) is 0 Å². The molecule has 0 spiro atoms. The minimum atomic E-state index is -4.23. The van der Waals surface area contributed by atoms with E-state index in [1.165, 1.54) is 0 Å². The number of aliphatic hydroxyl groups excluding tert-OH is 1. The average Bonchev–Trinajstić information content (AvgIpc) is 2.28. The highest BCUT2D eigenvalue weighted by atomic mass is 32.2. The standard InChI is InChI=1S/C12H24F3NO3S/c1-11(2,3)20(18)16-10(4-6-12(13,14)15)5-8-19-9-7-17/h10,16-17H,4-9H2,1-3H3/t10-,20+/m0/s1. The molecule has 0 aromatic heterocycles. The van der Waals surface area contributed by atoms with Crippen molar-refractivity contribution in [2.75, 3.05) is 19.8 Å². The zero-order valence-electron chi connectivity index (χ0n) is 12.1. The van der Waals surface area contributed by atoms with Crippen molar-refractivity contribution in [2.24, 2.45) is 0 Å². The molecule has 0 aliphatic carbocycles. The molecule has 0 aromatic rings. The smallest absolute Gasteiger partial charge is 0.389 e. The predicted octanol–water partition coefficient (Wildman–Crippen LogP) is 2.15. The Kier molecular flexibility index (Phi) is 8.88. The van der Waals surface area contributed by atoms with Crippen molar-refractivity contribution < 1.29 is 27.2 Å². The molecule has 2 atom stereocenters. The Morgan fingerprint density at radius 1 is 1.20 bits per heavy atom. The van der Waals surface area contributed by atoms with Crippen molar-refractivity contribution in [3.8, 4) is 0 Å². The molecule has 4 nitrogen and oxygen atoms in total. The molecular weight excluding hydrogens is 295 g/mol. The third-order valence-corrected chi connectivity index (χ3v) is 4.11. The molecule has 0 fully saturated rings. The first-order valence-electron chi connectivity index (χ1n) is 6.49. The molecule has 20 heavy (non-hydrogen) atoms. The van der Waals surface area contributed by atoms with E-state index in [0.717, 1.165) is 0 Å². The van der Waals surface area contributed by atoms with Crippen LogP contribution in [0.1, 0.15) is 40.0 Å². The van der Waals surface area contributed by atoms with Crippen LogP contribution in [0.5, 0.6) is 0 Å². The maximum atomic E-state index is 12.3. The fourth-order valence-corrected chi connectivity index (χ4v) is 2.21. The van der Waals surface area contributed by atoms with Crippen molar-refractivity contribution in [3.63, 3.8) is 0 Å². The molecule has 0 unspecified atom stereocenters. The van der Waals surface area contributed by atoms with E-state index >= 15 is 0 Å². The van der Waals surface area contributed by atoms with Crippen molar-refractivity contribution >= 4 is 11.0 Å². The number of alkyl halides is 3. The lowest BCUT2D eigenvalue weighted by molar-refractivity contribution is -0.136. The number of nitrogens with one attached hydrogen (secondary N) is 1. The van der Waals surface area contributed by atoms with Crippen LogP contribution in [0.25, 0.3) is 0 Å². The molecule has 0 heterocycles. The Morgan fingerprint density at radius 3 is 2.25 bits per heavy atom. The van der Waals surface area contributed by atoms with Crippen LogP contribution in [0.3, 0.4) is 0 Å². The Hall–Kier alpha value is -0.180. The summed E-state index contributed by atoms with van der Waals surface area (Å²) >= 11 is 0. The van der Waals surface area contributed by atoms with E-state index in [1.54, 1.807) is 20.8 Å². The number of aliphatic hydroxyl groups is 1. The Labute approximate surface area is 120 Å². The van der Waals surface area contributed by atoms with Crippen LogP contribution >= 0.6 is 0 Å². The van der Waals surface area contributed by atoms with Crippen LogP contribution in [0, 0.1) is 0 Å². The van der Waals surface area contributed by atoms with Crippen LogP contribution in [0.4, 0.5) is 13.2 Å². The quantitative estimate of drug-likeness (QED) is 0.640. The second-order valence-corrected chi connectivity index (χ2v) is 7.47. The average molecular weight is 319 g/mol. The van der Waals surface area contributed by atoms with Gasteiger partial charge in [-0.2, -0.15) is 13.2 Å². The van der Waals surface area contributed by atoms with E-state index < -0.39 is 34.4 Å². The summed E-state index contributed by atoms with van der Waals surface area (Å²) in [5.74, 6) is 0. The highest BCUT2D eigenvalue weighted by molar-refractivity contribution is 7.84. The molecule has 0 bridgehead atoms. The molecule has 0 saturated carbocycles. The topological polar surface area (TPSA) is 58.6 Å². The molecule has 0 aromatic carbocycles. The van der Waals surface area contributed by atoms with Gasteiger partial charge in [-0.05, 0) is 33.6 Å². The number of hydrogen-bond acceptors (Lipinski definition) is 3. The Balaban J connectivity index is 4.35. The largest absolute Gasteiger partial charge is 0.394 e. The SMILES string of the molecule is CC(C)(C)[S@@](=O)N[C@H](CCOCCO)CCC(F)(F)F. The molecule has 0 aliphatic heterocycles. The third kappa shape index (κ3) is 10.6. The molecule has 8 heteroatoms. The van der Waals surface area contributed by atoms with E-state index in [1.807, 2.05) is 0 Å². The fraction of sp³-hybridized carbons (Fsp3) is 1.00. The minimum Gasteiger partial charge on any atom is -0.394 e. The molecule has 2 N–H and O–H groups in total. The monoisotopic (exact) mass is 319 g/mol. The summed E-state index contributed by atoms with van der Waals surface area (Å²) in [6.07, 6.45) is -4.98. The third-order valence-electron chi connectivity index (χ3n) is 2.45. The van der Waals surface area contributed by atoms with Crippen molar-refractivity contribution in [3.05, 3.63) is 0 Å². The van der Waals surface area contributed by atoms with E-state index in [9.17, 15) is 17.4 Å². The van der Waals surface area contributed by atoms with Crippen LogP contribution in [-0.2, 0) is 15.7 Å². The lowest BCUT2D eigenvalue weighted by atomic mass is 10.1. The number of rotatable bonds is 9. The maximum absolute atomic E-state index is 12.3. The minimum absolute atomic E-state index is 0.130. The van der Waals surface area contributed by atoms with Crippen LogP contribution in [0.2, 0.25) is 0 Å². The summed E-state index contributed by atoms with van der Waals surface area (Å²) in [5.41, 5.74) is 0. The van der Waals surface area contributed by atoms with E-state index in [-0.39, 0.29) is 26.2 Å². The van der Waals surface area contributed by atoms with Gasteiger partial charge in [0.1, 0.15) is 0 Å². The first-order valence-corrected chi connectivity index (χ1v) is 7.64. The normalized spacial score (nSPS) is 16.1. The number of hydrogen-bond donors (Lipinski definition) is 2. The van der Waals surface area contributed by atoms with Gasteiger partial charge in [0.05, 0.1) is 28.9 Å². The first-order chi connectivity index (χ1) is 9.06. The number of ether oxygens (including phenoxy) is 1. The Morgan fingerprint density at radius 2 is 1.80 bits per heavy atom. The van der Waals surface area contributed by atoms with Gasteiger partial charge < -0.3 is 9.84 Å². The lowest BCUT2D eigenvalue weighted by Gasteiger charge is -2.24. The Bertz CT molecular complexity index is 293. The highest BCUT2D eigenvalue weighted by Crippen LogP contribution is 2.23.